The molecule has 104 valence electrons. The smallest absolute Gasteiger partial charge is 0.317 e. The number of nitrogens with zero attached hydrogens (tertiary/aromatic N) is 1. The number of ether oxygens (including phenoxy) is 2. The number of amides is 2. The van der Waals surface area contributed by atoms with Gasteiger partial charge in [0, 0.05) is 19.6 Å². The topological polar surface area (TPSA) is 50.8 Å². The quantitative estimate of drug-likeness (QED) is 0.902. The minimum absolute atomic E-state index is 0.0361. The van der Waals surface area contributed by atoms with Crippen LogP contribution in [0.5, 0.6) is 5.75 Å². The van der Waals surface area contributed by atoms with Gasteiger partial charge >= 0.3 is 6.03 Å². The van der Waals surface area contributed by atoms with E-state index in [1.165, 1.54) is 0 Å². The van der Waals surface area contributed by atoms with Gasteiger partial charge in [-0.2, -0.15) is 0 Å². The third-order valence-corrected chi connectivity index (χ3v) is 3.13. The summed E-state index contributed by atoms with van der Waals surface area (Å²) in [5.41, 5.74) is 1.05. The first kappa shape index (κ1) is 13.7. The summed E-state index contributed by atoms with van der Waals surface area (Å²) in [6.07, 6.45) is 0.112. The van der Waals surface area contributed by atoms with E-state index in [4.69, 9.17) is 9.47 Å². The molecule has 1 aliphatic rings. The zero-order valence-electron chi connectivity index (χ0n) is 11.4. The maximum atomic E-state index is 12.0. The van der Waals surface area contributed by atoms with Gasteiger partial charge < -0.3 is 19.7 Å². The number of hydrogen-bond donors (Lipinski definition) is 1. The van der Waals surface area contributed by atoms with Crippen LogP contribution in [0.3, 0.4) is 0 Å². The zero-order chi connectivity index (χ0) is 13.7. The molecule has 1 N–H and O–H groups in total. The molecule has 0 aliphatic carbocycles. The molecule has 2 rings (SSSR count). The van der Waals surface area contributed by atoms with Crippen molar-refractivity contribution in [3.05, 3.63) is 29.8 Å². The van der Waals surface area contributed by atoms with Crippen LogP contribution in [0.4, 0.5) is 4.79 Å². The first-order chi connectivity index (χ1) is 9.19. The third kappa shape index (κ3) is 3.86. The molecule has 1 aromatic carbocycles. The van der Waals surface area contributed by atoms with E-state index in [1.54, 1.807) is 12.0 Å². The van der Waals surface area contributed by atoms with Crippen LogP contribution < -0.4 is 10.1 Å². The molecule has 2 amide bonds. The SMILES string of the molecule is COc1ccc(CNC(=O)N2CCOC(C)C2)cc1. The van der Waals surface area contributed by atoms with Gasteiger partial charge in [-0.1, -0.05) is 12.1 Å². The van der Waals surface area contributed by atoms with Crippen LogP contribution in [0, 0.1) is 0 Å². The third-order valence-electron chi connectivity index (χ3n) is 3.13. The van der Waals surface area contributed by atoms with Crippen molar-refractivity contribution >= 4 is 6.03 Å². The fourth-order valence-corrected chi connectivity index (χ4v) is 2.04. The highest BCUT2D eigenvalue weighted by Crippen LogP contribution is 2.11. The zero-order valence-corrected chi connectivity index (χ0v) is 11.4. The van der Waals surface area contributed by atoms with E-state index < -0.39 is 0 Å². The van der Waals surface area contributed by atoms with Crippen LogP contribution in [-0.2, 0) is 11.3 Å². The number of urea groups is 1. The molecule has 1 unspecified atom stereocenters. The molecule has 1 heterocycles. The molecule has 1 fully saturated rings. The van der Waals surface area contributed by atoms with Crippen LogP contribution in [-0.4, -0.2) is 43.8 Å². The maximum absolute atomic E-state index is 12.0. The summed E-state index contributed by atoms with van der Waals surface area (Å²) in [6, 6.07) is 7.63. The Bertz CT molecular complexity index is 419. The van der Waals surface area contributed by atoms with Crippen molar-refractivity contribution in [1.29, 1.82) is 0 Å². The van der Waals surface area contributed by atoms with Gasteiger partial charge in [0.15, 0.2) is 0 Å². The number of benzene rings is 1. The summed E-state index contributed by atoms with van der Waals surface area (Å²) in [7, 11) is 1.64. The summed E-state index contributed by atoms with van der Waals surface area (Å²) in [4.78, 5) is 13.8. The highest BCUT2D eigenvalue weighted by Gasteiger charge is 2.20. The van der Waals surface area contributed by atoms with Crippen molar-refractivity contribution in [3.63, 3.8) is 0 Å². The van der Waals surface area contributed by atoms with Gasteiger partial charge in [-0.15, -0.1) is 0 Å². The van der Waals surface area contributed by atoms with E-state index in [9.17, 15) is 4.79 Å². The average molecular weight is 264 g/mol. The number of rotatable bonds is 3. The molecule has 0 aromatic heterocycles. The first-order valence-electron chi connectivity index (χ1n) is 6.46. The second-order valence-electron chi connectivity index (χ2n) is 4.63. The lowest BCUT2D eigenvalue weighted by Crippen LogP contribution is -2.48. The molecule has 5 nitrogen and oxygen atoms in total. The number of carbonyl (C=O) groups is 1. The second kappa shape index (κ2) is 6.43. The van der Waals surface area contributed by atoms with Gasteiger partial charge in [0.25, 0.3) is 0 Å². The van der Waals surface area contributed by atoms with E-state index in [2.05, 4.69) is 5.32 Å². The molecule has 0 spiro atoms. The van der Waals surface area contributed by atoms with E-state index in [0.717, 1.165) is 11.3 Å². The summed E-state index contributed by atoms with van der Waals surface area (Å²) in [5, 5.41) is 2.92. The Morgan fingerprint density at radius 3 is 2.84 bits per heavy atom. The number of hydrogen-bond acceptors (Lipinski definition) is 3. The Labute approximate surface area is 113 Å². The molecule has 0 saturated carbocycles. The summed E-state index contributed by atoms with van der Waals surface area (Å²) in [6.45, 7) is 4.40. The van der Waals surface area contributed by atoms with E-state index in [0.29, 0.717) is 26.2 Å². The van der Waals surface area contributed by atoms with E-state index >= 15 is 0 Å². The minimum atomic E-state index is -0.0361. The molecule has 1 aromatic rings. The fraction of sp³-hybridized carbons (Fsp3) is 0.500. The van der Waals surface area contributed by atoms with Crippen LogP contribution in [0.25, 0.3) is 0 Å². The van der Waals surface area contributed by atoms with Crippen molar-refractivity contribution in [2.45, 2.75) is 19.6 Å². The summed E-state index contributed by atoms with van der Waals surface area (Å²) in [5.74, 6) is 0.817. The Hall–Kier alpha value is -1.75. The summed E-state index contributed by atoms with van der Waals surface area (Å²) >= 11 is 0. The van der Waals surface area contributed by atoms with Crippen molar-refractivity contribution in [1.82, 2.24) is 10.2 Å². The Morgan fingerprint density at radius 2 is 2.21 bits per heavy atom. The molecule has 19 heavy (non-hydrogen) atoms. The van der Waals surface area contributed by atoms with Crippen molar-refractivity contribution in [3.8, 4) is 5.75 Å². The van der Waals surface area contributed by atoms with Crippen LogP contribution >= 0.6 is 0 Å². The fourth-order valence-electron chi connectivity index (χ4n) is 2.04. The molecule has 5 heteroatoms. The van der Waals surface area contributed by atoms with Gasteiger partial charge in [0.2, 0.25) is 0 Å². The number of morpholine rings is 1. The Morgan fingerprint density at radius 1 is 1.47 bits per heavy atom. The highest BCUT2D eigenvalue weighted by atomic mass is 16.5. The van der Waals surface area contributed by atoms with Crippen LogP contribution in [0.15, 0.2) is 24.3 Å². The molecular formula is C14H20N2O3. The van der Waals surface area contributed by atoms with Crippen molar-refractivity contribution < 1.29 is 14.3 Å². The Balaban J connectivity index is 1.82. The van der Waals surface area contributed by atoms with E-state index in [1.807, 2.05) is 31.2 Å². The monoisotopic (exact) mass is 264 g/mol. The lowest BCUT2D eigenvalue weighted by Gasteiger charge is -2.31. The standard InChI is InChI=1S/C14H20N2O3/c1-11-10-16(7-8-19-11)14(17)15-9-12-3-5-13(18-2)6-4-12/h3-6,11H,7-10H2,1-2H3,(H,15,17). The predicted molar refractivity (Wildman–Crippen MR) is 72.2 cm³/mol. The number of carbonyl (C=O) groups excluding carboxylic acids is 1. The molecular weight excluding hydrogens is 244 g/mol. The minimum Gasteiger partial charge on any atom is -0.497 e. The normalized spacial score (nSPS) is 19.1. The second-order valence-corrected chi connectivity index (χ2v) is 4.63. The number of nitrogens with one attached hydrogen (secondary N) is 1. The molecule has 1 atom stereocenters. The lowest BCUT2D eigenvalue weighted by molar-refractivity contribution is -0.00351. The predicted octanol–water partition coefficient (Wildman–Crippen LogP) is 1.63. The van der Waals surface area contributed by atoms with Gasteiger partial charge in [-0.05, 0) is 24.6 Å². The maximum Gasteiger partial charge on any atom is 0.317 e. The first-order valence-corrected chi connectivity index (χ1v) is 6.46. The summed E-state index contributed by atoms with van der Waals surface area (Å²) < 4.78 is 10.5. The average Bonchev–Trinajstić information content (AvgIpc) is 2.45. The number of methoxy groups -OCH3 is 1. The van der Waals surface area contributed by atoms with Crippen LogP contribution in [0.2, 0.25) is 0 Å². The van der Waals surface area contributed by atoms with Crippen molar-refractivity contribution in [2.24, 2.45) is 0 Å². The highest BCUT2D eigenvalue weighted by molar-refractivity contribution is 5.74. The van der Waals surface area contributed by atoms with Gasteiger partial charge in [0.1, 0.15) is 5.75 Å². The molecule has 0 radical (unpaired) electrons. The van der Waals surface area contributed by atoms with E-state index in [-0.39, 0.29) is 12.1 Å². The molecule has 1 aliphatic heterocycles. The lowest BCUT2D eigenvalue weighted by atomic mass is 10.2. The van der Waals surface area contributed by atoms with Gasteiger partial charge in [0.05, 0.1) is 19.8 Å². The van der Waals surface area contributed by atoms with Crippen LogP contribution in [0.1, 0.15) is 12.5 Å². The largest absolute Gasteiger partial charge is 0.497 e. The molecule has 0 bridgehead atoms. The van der Waals surface area contributed by atoms with Gasteiger partial charge in [-0.25, -0.2) is 4.79 Å². The van der Waals surface area contributed by atoms with Gasteiger partial charge in [-0.3, -0.25) is 0 Å². The van der Waals surface area contributed by atoms with Crippen molar-refractivity contribution in [2.75, 3.05) is 26.8 Å². The Kier molecular flexibility index (Phi) is 4.63. The molecule has 1 saturated heterocycles.